The fourth-order valence-corrected chi connectivity index (χ4v) is 4.24. The van der Waals surface area contributed by atoms with Crippen molar-refractivity contribution in [1.82, 2.24) is 24.7 Å². The number of aryl methyl sites for hydroxylation is 2. The van der Waals surface area contributed by atoms with E-state index in [9.17, 15) is 4.79 Å². The zero-order chi connectivity index (χ0) is 23.1. The Morgan fingerprint density at radius 1 is 1.25 bits per heavy atom. The molecule has 180 valence electrons. The van der Waals surface area contributed by atoms with Gasteiger partial charge in [-0.1, -0.05) is 0 Å². The third-order valence-corrected chi connectivity index (χ3v) is 6.23. The second kappa shape index (κ2) is 11.1. The van der Waals surface area contributed by atoms with Gasteiger partial charge in [-0.25, -0.2) is 9.78 Å². The molecule has 0 atom stereocenters. The Kier molecular flexibility index (Phi) is 8.43. The maximum absolute atomic E-state index is 12.9. The minimum absolute atomic E-state index is 0.154. The first-order valence-corrected chi connectivity index (χ1v) is 12.2. The number of carbonyl (C=O) groups is 1. The van der Waals surface area contributed by atoms with E-state index in [0.29, 0.717) is 5.92 Å². The molecule has 0 unspecified atom stereocenters. The van der Waals surface area contributed by atoms with E-state index < -0.39 is 5.60 Å². The van der Waals surface area contributed by atoms with Crippen molar-refractivity contribution in [2.75, 3.05) is 33.2 Å². The number of hydrogen-bond acceptors (Lipinski definition) is 4. The molecule has 0 aromatic carbocycles. The SMILES string of the molecule is CN=C(NCCCCn1ccnc1C)N1CCC(N(CC2CC2)C(=O)OC(C)(C)C)CC1. The van der Waals surface area contributed by atoms with E-state index in [1.54, 1.807) is 0 Å². The summed E-state index contributed by atoms with van der Waals surface area (Å²) >= 11 is 0. The molecule has 1 aliphatic heterocycles. The molecule has 1 saturated carbocycles. The van der Waals surface area contributed by atoms with Crippen molar-refractivity contribution in [3.05, 3.63) is 18.2 Å². The predicted molar refractivity (Wildman–Crippen MR) is 128 cm³/mol. The molecule has 0 radical (unpaired) electrons. The smallest absolute Gasteiger partial charge is 0.410 e. The first-order chi connectivity index (χ1) is 15.3. The molecular formula is C24H42N6O2. The molecule has 2 aliphatic rings. The summed E-state index contributed by atoms with van der Waals surface area (Å²) in [4.78, 5) is 25.9. The number of rotatable bonds is 8. The summed E-state index contributed by atoms with van der Waals surface area (Å²) in [6.07, 6.45) is 10.3. The van der Waals surface area contributed by atoms with Crippen LogP contribution in [0.3, 0.4) is 0 Å². The highest BCUT2D eigenvalue weighted by molar-refractivity contribution is 5.80. The van der Waals surface area contributed by atoms with Gasteiger partial charge in [0.1, 0.15) is 11.4 Å². The summed E-state index contributed by atoms with van der Waals surface area (Å²) in [6.45, 7) is 12.4. The first-order valence-electron chi connectivity index (χ1n) is 12.2. The van der Waals surface area contributed by atoms with Crippen molar-refractivity contribution in [3.8, 4) is 0 Å². The molecule has 1 saturated heterocycles. The van der Waals surface area contributed by atoms with Gasteiger partial charge in [-0.15, -0.1) is 0 Å². The standard InChI is InChI=1S/C24H42N6O2/c1-19-26-13-17-28(19)14-7-6-12-27-22(25-5)29-15-10-21(11-16-29)30(18-20-8-9-20)23(31)32-24(2,3)4/h13,17,20-21H,6-12,14-16,18H2,1-5H3,(H,25,27). The van der Waals surface area contributed by atoms with E-state index in [-0.39, 0.29) is 12.1 Å². The van der Waals surface area contributed by atoms with Crippen LogP contribution in [0.15, 0.2) is 17.4 Å². The number of carbonyl (C=O) groups excluding carboxylic acids is 1. The Labute approximate surface area is 193 Å². The quantitative estimate of drug-likeness (QED) is 0.375. The van der Waals surface area contributed by atoms with Gasteiger partial charge in [0.05, 0.1) is 0 Å². The van der Waals surface area contributed by atoms with Gasteiger partial charge in [0, 0.05) is 58.2 Å². The minimum Gasteiger partial charge on any atom is -0.444 e. The fourth-order valence-electron chi connectivity index (χ4n) is 4.24. The second-order valence-electron chi connectivity index (χ2n) is 10.1. The summed E-state index contributed by atoms with van der Waals surface area (Å²) < 4.78 is 7.91. The van der Waals surface area contributed by atoms with Gasteiger partial charge in [0.2, 0.25) is 0 Å². The van der Waals surface area contributed by atoms with Crippen molar-refractivity contribution >= 4 is 12.1 Å². The molecule has 8 heteroatoms. The van der Waals surface area contributed by atoms with Gasteiger partial charge in [-0.3, -0.25) is 4.99 Å². The molecule has 3 rings (SSSR count). The molecule has 0 bridgehead atoms. The number of unbranched alkanes of at least 4 members (excludes halogenated alkanes) is 1. The van der Waals surface area contributed by atoms with Crippen LogP contribution in [0.5, 0.6) is 0 Å². The van der Waals surface area contributed by atoms with Crippen LogP contribution in [0.25, 0.3) is 0 Å². The average Bonchev–Trinajstić information content (AvgIpc) is 3.48. The summed E-state index contributed by atoms with van der Waals surface area (Å²) in [6, 6.07) is 0.248. The van der Waals surface area contributed by atoms with E-state index >= 15 is 0 Å². The Balaban J connectivity index is 1.42. The first kappa shape index (κ1) is 24.4. The monoisotopic (exact) mass is 446 g/mol. The highest BCUT2D eigenvalue weighted by Gasteiger charge is 2.35. The number of nitrogens with one attached hydrogen (secondary N) is 1. The number of hydrogen-bond donors (Lipinski definition) is 1. The zero-order valence-electron chi connectivity index (χ0n) is 20.6. The lowest BCUT2D eigenvalue weighted by Gasteiger charge is -2.40. The lowest BCUT2D eigenvalue weighted by molar-refractivity contribution is 0.00928. The van der Waals surface area contributed by atoms with Gasteiger partial charge >= 0.3 is 6.09 Å². The van der Waals surface area contributed by atoms with Gasteiger partial charge in [0.15, 0.2) is 5.96 Å². The van der Waals surface area contributed by atoms with Crippen molar-refractivity contribution in [3.63, 3.8) is 0 Å². The van der Waals surface area contributed by atoms with Crippen LogP contribution in [0, 0.1) is 12.8 Å². The van der Waals surface area contributed by atoms with Crippen molar-refractivity contribution < 1.29 is 9.53 Å². The number of aliphatic imine (C=N–C) groups is 1. The van der Waals surface area contributed by atoms with E-state index in [4.69, 9.17) is 4.74 Å². The maximum atomic E-state index is 12.9. The summed E-state index contributed by atoms with van der Waals surface area (Å²) in [5.74, 6) is 2.69. The zero-order valence-corrected chi connectivity index (χ0v) is 20.6. The van der Waals surface area contributed by atoms with Crippen molar-refractivity contribution in [1.29, 1.82) is 0 Å². The molecule has 1 N–H and O–H groups in total. The van der Waals surface area contributed by atoms with Gasteiger partial charge in [-0.05, 0) is 72.1 Å². The van der Waals surface area contributed by atoms with Gasteiger partial charge in [-0.2, -0.15) is 0 Å². The molecule has 1 amide bonds. The van der Waals surface area contributed by atoms with Crippen LogP contribution in [0.2, 0.25) is 0 Å². The van der Waals surface area contributed by atoms with Crippen LogP contribution in [-0.4, -0.2) is 76.3 Å². The van der Waals surface area contributed by atoms with E-state index in [0.717, 1.165) is 70.2 Å². The lowest BCUT2D eigenvalue weighted by Crippen LogP contribution is -2.52. The Morgan fingerprint density at radius 2 is 1.97 bits per heavy atom. The van der Waals surface area contributed by atoms with E-state index in [1.165, 1.54) is 12.8 Å². The molecule has 0 spiro atoms. The minimum atomic E-state index is -0.456. The summed E-state index contributed by atoms with van der Waals surface area (Å²) in [7, 11) is 1.85. The van der Waals surface area contributed by atoms with Crippen LogP contribution >= 0.6 is 0 Å². The van der Waals surface area contributed by atoms with Crippen LogP contribution in [0.4, 0.5) is 4.79 Å². The molecule has 32 heavy (non-hydrogen) atoms. The largest absolute Gasteiger partial charge is 0.444 e. The number of likely N-dealkylation sites (tertiary alicyclic amines) is 1. The average molecular weight is 447 g/mol. The third kappa shape index (κ3) is 7.41. The number of amides is 1. The number of imidazole rings is 1. The molecule has 1 aromatic rings. The highest BCUT2D eigenvalue weighted by atomic mass is 16.6. The van der Waals surface area contributed by atoms with Crippen molar-refractivity contribution in [2.45, 2.75) is 84.4 Å². The summed E-state index contributed by atoms with van der Waals surface area (Å²) in [5.41, 5.74) is -0.456. The van der Waals surface area contributed by atoms with Crippen LogP contribution in [-0.2, 0) is 11.3 Å². The molecule has 1 aliphatic carbocycles. The highest BCUT2D eigenvalue weighted by Crippen LogP contribution is 2.32. The second-order valence-corrected chi connectivity index (χ2v) is 10.1. The topological polar surface area (TPSA) is 75.0 Å². The number of ether oxygens (including phenoxy) is 1. The van der Waals surface area contributed by atoms with E-state index in [2.05, 4.69) is 24.8 Å². The van der Waals surface area contributed by atoms with E-state index in [1.807, 2.05) is 52.0 Å². The number of nitrogens with zero attached hydrogens (tertiary/aromatic N) is 5. The molecule has 2 fully saturated rings. The van der Waals surface area contributed by atoms with Gasteiger partial charge < -0.3 is 24.4 Å². The normalized spacial score (nSPS) is 18.0. The molecule has 2 heterocycles. The Morgan fingerprint density at radius 3 is 2.53 bits per heavy atom. The lowest BCUT2D eigenvalue weighted by atomic mass is 10.0. The number of aromatic nitrogens is 2. The Bertz CT molecular complexity index is 757. The number of guanidine groups is 1. The van der Waals surface area contributed by atoms with Crippen molar-refractivity contribution in [2.24, 2.45) is 10.9 Å². The van der Waals surface area contributed by atoms with Gasteiger partial charge in [0.25, 0.3) is 0 Å². The van der Waals surface area contributed by atoms with Crippen LogP contribution in [0.1, 0.15) is 65.1 Å². The molecule has 1 aromatic heterocycles. The fraction of sp³-hybridized carbons (Fsp3) is 0.792. The maximum Gasteiger partial charge on any atom is 0.410 e. The molecular weight excluding hydrogens is 404 g/mol. The number of piperidine rings is 1. The molecule has 8 nitrogen and oxygen atoms in total. The predicted octanol–water partition coefficient (Wildman–Crippen LogP) is 3.66. The van der Waals surface area contributed by atoms with Crippen LogP contribution < -0.4 is 5.32 Å². The third-order valence-electron chi connectivity index (χ3n) is 6.23. The summed E-state index contributed by atoms with van der Waals surface area (Å²) in [5, 5.41) is 3.52. The Hall–Kier alpha value is -2.25.